The van der Waals surface area contributed by atoms with Gasteiger partial charge in [0.1, 0.15) is 0 Å². The molecule has 58 valence electrons. The molecular formula is C10H8N2. The summed E-state index contributed by atoms with van der Waals surface area (Å²) in [5, 5.41) is 1.27. The smallest absolute Gasteiger partial charge is 0.0699 e. The number of aromatic amines is 1. The number of hydrogen-bond acceptors (Lipinski definition) is 0. The van der Waals surface area contributed by atoms with E-state index in [1.807, 2.05) is 6.20 Å². The van der Waals surface area contributed by atoms with Crippen molar-refractivity contribution < 1.29 is 0 Å². The molecule has 3 rings (SSSR count). The molecule has 3 aromatic rings. The molecule has 0 bridgehead atoms. The van der Waals surface area contributed by atoms with Crippen molar-refractivity contribution in [3.8, 4) is 0 Å². The van der Waals surface area contributed by atoms with Gasteiger partial charge in [-0.2, -0.15) is 0 Å². The van der Waals surface area contributed by atoms with Gasteiger partial charge in [0, 0.05) is 24.0 Å². The summed E-state index contributed by atoms with van der Waals surface area (Å²) >= 11 is 0. The van der Waals surface area contributed by atoms with E-state index in [-0.39, 0.29) is 0 Å². The Morgan fingerprint density at radius 1 is 1.08 bits per heavy atom. The number of rotatable bonds is 0. The molecule has 0 fully saturated rings. The monoisotopic (exact) mass is 156 g/mol. The maximum absolute atomic E-state index is 3.23. The molecule has 12 heavy (non-hydrogen) atoms. The minimum absolute atomic E-state index is 1.21. The summed E-state index contributed by atoms with van der Waals surface area (Å²) in [7, 11) is 0. The van der Waals surface area contributed by atoms with Gasteiger partial charge in [0.05, 0.1) is 11.0 Å². The fraction of sp³-hybridized carbons (Fsp3) is 0. The third-order valence-corrected chi connectivity index (χ3v) is 2.23. The van der Waals surface area contributed by atoms with Gasteiger partial charge < -0.3 is 9.38 Å². The Morgan fingerprint density at radius 3 is 3.08 bits per heavy atom. The molecule has 0 aromatic carbocycles. The van der Waals surface area contributed by atoms with Gasteiger partial charge in [-0.05, 0) is 24.3 Å². The summed E-state index contributed by atoms with van der Waals surface area (Å²) in [5.41, 5.74) is 2.44. The lowest BCUT2D eigenvalue weighted by Crippen LogP contribution is -1.80. The fourth-order valence-electron chi connectivity index (χ4n) is 1.64. The molecule has 0 aliphatic rings. The van der Waals surface area contributed by atoms with E-state index in [1.54, 1.807) is 0 Å². The van der Waals surface area contributed by atoms with Gasteiger partial charge in [0.25, 0.3) is 0 Å². The Balaban J connectivity index is 2.71. The predicted molar refractivity (Wildman–Crippen MR) is 49.3 cm³/mol. The average Bonchev–Trinajstić information content (AvgIpc) is 2.71. The van der Waals surface area contributed by atoms with Crippen LogP contribution in [0, 0.1) is 0 Å². The van der Waals surface area contributed by atoms with E-state index in [0.717, 1.165) is 0 Å². The van der Waals surface area contributed by atoms with Crippen molar-refractivity contribution >= 4 is 16.4 Å². The van der Waals surface area contributed by atoms with Crippen LogP contribution in [0.3, 0.4) is 0 Å². The number of aromatic nitrogens is 2. The number of H-pyrrole nitrogens is 1. The zero-order valence-corrected chi connectivity index (χ0v) is 6.49. The summed E-state index contributed by atoms with van der Waals surface area (Å²) in [5.74, 6) is 0. The first kappa shape index (κ1) is 5.89. The van der Waals surface area contributed by atoms with Crippen LogP contribution in [-0.2, 0) is 0 Å². The summed E-state index contributed by atoms with van der Waals surface area (Å²) in [6, 6.07) is 8.36. The highest BCUT2D eigenvalue weighted by atomic mass is 14.9. The van der Waals surface area contributed by atoms with Crippen LogP contribution in [0.5, 0.6) is 0 Å². The van der Waals surface area contributed by atoms with Crippen molar-refractivity contribution in [1.82, 2.24) is 9.38 Å². The van der Waals surface area contributed by atoms with Gasteiger partial charge in [-0.25, -0.2) is 0 Å². The van der Waals surface area contributed by atoms with Crippen LogP contribution >= 0.6 is 0 Å². The first-order valence-electron chi connectivity index (χ1n) is 3.98. The van der Waals surface area contributed by atoms with Crippen LogP contribution in [0.1, 0.15) is 0 Å². The average molecular weight is 156 g/mol. The highest BCUT2D eigenvalue weighted by Crippen LogP contribution is 2.17. The summed E-state index contributed by atoms with van der Waals surface area (Å²) in [6.07, 6.45) is 6.10. The molecule has 0 amide bonds. The van der Waals surface area contributed by atoms with Crippen LogP contribution in [0.25, 0.3) is 16.4 Å². The molecule has 3 aromatic heterocycles. The van der Waals surface area contributed by atoms with Crippen molar-refractivity contribution in [1.29, 1.82) is 0 Å². The van der Waals surface area contributed by atoms with Crippen LogP contribution < -0.4 is 0 Å². The SMILES string of the molecule is c1cc2c3[nH]ccc3ccn2c1. The van der Waals surface area contributed by atoms with E-state index >= 15 is 0 Å². The second kappa shape index (κ2) is 1.91. The number of pyridine rings is 1. The number of nitrogens with zero attached hydrogens (tertiary/aromatic N) is 1. The minimum Gasteiger partial charge on any atom is -0.359 e. The summed E-state index contributed by atoms with van der Waals surface area (Å²) < 4.78 is 2.11. The van der Waals surface area contributed by atoms with E-state index in [0.29, 0.717) is 0 Å². The van der Waals surface area contributed by atoms with Crippen molar-refractivity contribution in [3.63, 3.8) is 0 Å². The van der Waals surface area contributed by atoms with Crippen molar-refractivity contribution in [3.05, 3.63) is 42.9 Å². The second-order valence-corrected chi connectivity index (χ2v) is 2.92. The largest absolute Gasteiger partial charge is 0.359 e. The van der Waals surface area contributed by atoms with Gasteiger partial charge in [-0.1, -0.05) is 0 Å². The van der Waals surface area contributed by atoms with Gasteiger partial charge >= 0.3 is 0 Å². The maximum atomic E-state index is 3.23. The fourth-order valence-corrected chi connectivity index (χ4v) is 1.64. The standard InChI is InChI=1S/C10H8N2/c1-2-9-10-8(3-5-11-10)4-7-12(9)6-1/h1-7,11H. The maximum Gasteiger partial charge on any atom is 0.0699 e. The molecule has 1 N–H and O–H groups in total. The molecule has 0 spiro atoms. The quantitative estimate of drug-likeness (QED) is 0.516. The van der Waals surface area contributed by atoms with Crippen molar-refractivity contribution in [2.24, 2.45) is 0 Å². The lowest BCUT2D eigenvalue weighted by atomic mass is 10.3. The van der Waals surface area contributed by atoms with Crippen LogP contribution in [-0.4, -0.2) is 9.38 Å². The minimum atomic E-state index is 1.21. The zero-order valence-electron chi connectivity index (χ0n) is 6.49. The third kappa shape index (κ3) is 0.593. The lowest BCUT2D eigenvalue weighted by Gasteiger charge is -1.95. The van der Waals surface area contributed by atoms with E-state index < -0.39 is 0 Å². The van der Waals surface area contributed by atoms with Crippen LogP contribution in [0.2, 0.25) is 0 Å². The van der Waals surface area contributed by atoms with Crippen molar-refractivity contribution in [2.45, 2.75) is 0 Å². The van der Waals surface area contributed by atoms with Crippen LogP contribution in [0.15, 0.2) is 42.9 Å². The molecule has 0 radical (unpaired) electrons. The molecule has 0 saturated heterocycles. The van der Waals surface area contributed by atoms with E-state index in [1.165, 1.54) is 16.4 Å². The van der Waals surface area contributed by atoms with E-state index in [9.17, 15) is 0 Å². The number of nitrogens with one attached hydrogen (secondary N) is 1. The van der Waals surface area contributed by atoms with E-state index in [4.69, 9.17) is 0 Å². The second-order valence-electron chi connectivity index (χ2n) is 2.92. The van der Waals surface area contributed by atoms with Gasteiger partial charge in [-0.15, -0.1) is 0 Å². The molecular weight excluding hydrogens is 148 g/mol. The Morgan fingerprint density at radius 2 is 2.08 bits per heavy atom. The van der Waals surface area contributed by atoms with Gasteiger partial charge in [0.2, 0.25) is 0 Å². The normalized spacial score (nSPS) is 11.3. The first-order chi connectivity index (χ1) is 5.95. The highest BCUT2D eigenvalue weighted by molar-refractivity contribution is 5.92. The highest BCUT2D eigenvalue weighted by Gasteiger charge is 1.98. The molecule has 0 atom stereocenters. The summed E-state index contributed by atoms with van der Waals surface area (Å²) in [4.78, 5) is 3.23. The first-order valence-corrected chi connectivity index (χ1v) is 3.98. The number of fused-ring (bicyclic) bond motifs is 3. The molecule has 2 heteroatoms. The number of hydrogen-bond donors (Lipinski definition) is 1. The predicted octanol–water partition coefficient (Wildman–Crippen LogP) is 2.42. The molecule has 0 unspecified atom stereocenters. The zero-order chi connectivity index (χ0) is 7.97. The molecule has 3 heterocycles. The van der Waals surface area contributed by atoms with Crippen LogP contribution in [0.4, 0.5) is 0 Å². The molecule has 0 aliphatic heterocycles. The lowest BCUT2D eigenvalue weighted by molar-refractivity contribution is 1.21. The Labute approximate surface area is 69.4 Å². The summed E-state index contributed by atoms with van der Waals surface area (Å²) in [6.45, 7) is 0. The van der Waals surface area contributed by atoms with E-state index in [2.05, 4.69) is 46.0 Å². The Kier molecular flexibility index (Phi) is 0.939. The molecule has 2 nitrogen and oxygen atoms in total. The Bertz CT molecular complexity index is 481. The molecule has 0 aliphatic carbocycles. The Hall–Kier alpha value is -1.70. The van der Waals surface area contributed by atoms with Crippen molar-refractivity contribution in [2.75, 3.05) is 0 Å². The van der Waals surface area contributed by atoms with Gasteiger partial charge in [0.15, 0.2) is 0 Å². The van der Waals surface area contributed by atoms with Gasteiger partial charge in [-0.3, -0.25) is 0 Å². The topological polar surface area (TPSA) is 20.2 Å². The third-order valence-electron chi connectivity index (χ3n) is 2.23. The molecule has 0 saturated carbocycles.